The molecule has 0 heterocycles. The van der Waals surface area contributed by atoms with Gasteiger partial charge in [-0.3, -0.25) is 5.41 Å². The largest absolute Gasteiger partial charge is 0.387 e. The number of hydrogen-bond donors (Lipinski definition) is 2. The second kappa shape index (κ2) is 1.00. The highest BCUT2D eigenvalue weighted by molar-refractivity contribution is 5.87. The van der Waals surface area contributed by atoms with E-state index in [2.05, 4.69) is 0 Å². The van der Waals surface area contributed by atoms with Crippen LogP contribution in [-0.4, -0.2) is 11.5 Å². The lowest BCUT2D eigenvalue weighted by Crippen LogP contribution is -2.69. The van der Waals surface area contributed by atoms with Gasteiger partial charge in [-0.05, 0) is 19.3 Å². The Balaban J connectivity index is 2.13. The van der Waals surface area contributed by atoms with E-state index in [0.717, 1.165) is 0 Å². The Hall–Kier alpha value is -0.600. The zero-order valence-corrected chi connectivity index (χ0v) is 5.08. The summed E-state index contributed by atoms with van der Waals surface area (Å²) in [6, 6.07) is 0. The molecule has 0 radical (unpaired) electrons. The molecule has 0 aliphatic heterocycles. The van der Waals surface area contributed by atoms with Crippen molar-refractivity contribution < 1.29 is 4.39 Å². The van der Waals surface area contributed by atoms with Gasteiger partial charge in [0.15, 0.2) is 0 Å². The quantitative estimate of drug-likeness (QED) is 0.398. The fraction of sp³-hybridized carbons (Fsp3) is 0.833. The highest BCUT2D eigenvalue weighted by atomic mass is 19.1. The van der Waals surface area contributed by atoms with Crippen LogP contribution in [0, 0.1) is 10.8 Å². The minimum atomic E-state index is -0.911. The maximum atomic E-state index is 12.7. The van der Waals surface area contributed by atoms with Gasteiger partial charge in [0.2, 0.25) is 0 Å². The fourth-order valence-electron chi connectivity index (χ4n) is 1.95. The Morgan fingerprint density at radius 3 is 2.00 bits per heavy atom. The van der Waals surface area contributed by atoms with Crippen LogP contribution in [0.25, 0.3) is 0 Å². The van der Waals surface area contributed by atoms with Crippen LogP contribution in [0.1, 0.15) is 19.3 Å². The summed E-state index contributed by atoms with van der Waals surface area (Å²) in [5.41, 5.74) is 4.15. The standard InChI is InChI=1S/C6H9FN2/c7-6-1-5(2-6,3-6)4(8)9/h1-3H2,(H3,8,9). The van der Waals surface area contributed by atoms with E-state index in [-0.39, 0.29) is 11.3 Å². The third-order valence-electron chi connectivity index (χ3n) is 2.54. The number of rotatable bonds is 1. The lowest BCUT2D eigenvalue weighted by Gasteiger charge is -2.64. The van der Waals surface area contributed by atoms with Gasteiger partial charge < -0.3 is 5.73 Å². The molecule has 3 aliphatic rings. The fourth-order valence-corrected chi connectivity index (χ4v) is 1.95. The van der Waals surface area contributed by atoms with Gasteiger partial charge >= 0.3 is 0 Å². The first kappa shape index (κ1) is 5.21. The van der Waals surface area contributed by atoms with Gasteiger partial charge in [-0.2, -0.15) is 0 Å². The van der Waals surface area contributed by atoms with Crippen molar-refractivity contribution in [2.24, 2.45) is 11.1 Å². The molecule has 3 aliphatic carbocycles. The van der Waals surface area contributed by atoms with E-state index in [1.54, 1.807) is 0 Å². The van der Waals surface area contributed by atoms with Gasteiger partial charge in [0.25, 0.3) is 0 Å². The SMILES string of the molecule is N=C(N)C12CC(F)(C1)C2. The maximum absolute atomic E-state index is 12.7. The second-order valence-electron chi connectivity index (χ2n) is 3.38. The Morgan fingerprint density at radius 2 is 1.89 bits per heavy atom. The summed E-state index contributed by atoms with van der Waals surface area (Å²) in [5.74, 6) is 0.182. The van der Waals surface area contributed by atoms with Gasteiger partial charge in [0, 0.05) is 5.41 Å². The molecule has 0 aromatic rings. The van der Waals surface area contributed by atoms with E-state index in [0.29, 0.717) is 19.3 Å². The molecule has 0 amide bonds. The lowest BCUT2D eigenvalue weighted by molar-refractivity contribution is -0.169. The molecule has 3 rings (SSSR count). The van der Waals surface area contributed by atoms with Crippen molar-refractivity contribution in [1.82, 2.24) is 0 Å². The predicted molar refractivity (Wildman–Crippen MR) is 32.0 cm³/mol. The Bertz CT molecular complexity index is 168. The van der Waals surface area contributed by atoms with Crippen LogP contribution in [0.5, 0.6) is 0 Å². The van der Waals surface area contributed by atoms with Crippen molar-refractivity contribution in [3.63, 3.8) is 0 Å². The number of hydrogen-bond acceptors (Lipinski definition) is 1. The monoisotopic (exact) mass is 128 g/mol. The molecule has 0 atom stereocenters. The molecule has 2 bridgehead atoms. The van der Waals surface area contributed by atoms with E-state index >= 15 is 0 Å². The van der Waals surface area contributed by atoms with Crippen LogP contribution in [0.2, 0.25) is 0 Å². The summed E-state index contributed by atoms with van der Waals surface area (Å²) in [7, 11) is 0. The average Bonchev–Trinajstić information content (AvgIpc) is 1.54. The van der Waals surface area contributed by atoms with Crippen LogP contribution < -0.4 is 5.73 Å². The van der Waals surface area contributed by atoms with Gasteiger partial charge in [0.1, 0.15) is 5.67 Å². The number of halogens is 1. The normalized spacial score (nSPS) is 53.4. The molecular formula is C6H9FN2. The summed E-state index contributed by atoms with van der Waals surface area (Å²) < 4.78 is 12.7. The van der Waals surface area contributed by atoms with Crippen LogP contribution in [-0.2, 0) is 0 Å². The van der Waals surface area contributed by atoms with E-state index in [9.17, 15) is 4.39 Å². The molecule has 3 N–H and O–H groups in total. The van der Waals surface area contributed by atoms with Crippen LogP contribution >= 0.6 is 0 Å². The highest BCUT2D eigenvalue weighted by Gasteiger charge is 2.70. The number of nitrogens with two attached hydrogens (primary N) is 1. The molecule has 0 saturated heterocycles. The average molecular weight is 128 g/mol. The third-order valence-corrected chi connectivity index (χ3v) is 2.54. The van der Waals surface area contributed by atoms with Crippen molar-refractivity contribution in [2.75, 3.05) is 0 Å². The van der Waals surface area contributed by atoms with Crippen molar-refractivity contribution in [2.45, 2.75) is 24.9 Å². The Morgan fingerprint density at radius 1 is 1.44 bits per heavy atom. The van der Waals surface area contributed by atoms with Crippen LogP contribution in [0.3, 0.4) is 0 Å². The summed E-state index contributed by atoms with van der Waals surface area (Å²) in [6.07, 6.45) is 1.53. The molecule has 0 spiro atoms. The van der Waals surface area contributed by atoms with E-state index in [4.69, 9.17) is 11.1 Å². The lowest BCUT2D eigenvalue weighted by atomic mass is 9.42. The summed E-state index contributed by atoms with van der Waals surface area (Å²) in [6.45, 7) is 0. The molecule has 0 aromatic heterocycles. The third kappa shape index (κ3) is 0.394. The smallest absolute Gasteiger partial charge is 0.114 e. The summed E-state index contributed by atoms with van der Waals surface area (Å²) >= 11 is 0. The van der Waals surface area contributed by atoms with Gasteiger partial charge in [0.05, 0.1) is 5.84 Å². The molecule has 3 fully saturated rings. The molecule has 3 heteroatoms. The Kier molecular flexibility index (Phi) is 0.579. The van der Waals surface area contributed by atoms with E-state index < -0.39 is 5.67 Å². The van der Waals surface area contributed by atoms with Crippen molar-refractivity contribution in [3.05, 3.63) is 0 Å². The number of alkyl halides is 1. The minimum Gasteiger partial charge on any atom is -0.387 e. The summed E-state index contributed by atoms with van der Waals surface area (Å²) in [5, 5.41) is 7.08. The maximum Gasteiger partial charge on any atom is 0.114 e. The van der Waals surface area contributed by atoms with Gasteiger partial charge in [-0.1, -0.05) is 0 Å². The first-order valence-electron chi connectivity index (χ1n) is 3.10. The second-order valence-corrected chi connectivity index (χ2v) is 3.38. The van der Waals surface area contributed by atoms with Crippen LogP contribution in [0.4, 0.5) is 4.39 Å². The molecule has 50 valence electrons. The molecule has 3 saturated carbocycles. The molecule has 2 nitrogen and oxygen atoms in total. The van der Waals surface area contributed by atoms with E-state index in [1.165, 1.54) is 0 Å². The van der Waals surface area contributed by atoms with Gasteiger partial charge in [-0.25, -0.2) is 4.39 Å². The zero-order valence-electron chi connectivity index (χ0n) is 5.08. The summed E-state index contributed by atoms with van der Waals surface area (Å²) in [4.78, 5) is 0. The molecular weight excluding hydrogens is 119 g/mol. The first-order valence-corrected chi connectivity index (χ1v) is 3.10. The van der Waals surface area contributed by atoms with Crippen molar-refractivity contribution in [1.29, 1.82) is 5.41 Å². The van der Waals surface area contributed by atoms with E-state index in [1.807, 2.05) is 0 Å². The molecule has 0 unspecified atom stereocenters. The van der Waals surface area contributed by atoms with Crippen molar-refractivity contribution >= 4 is 5.84 Å². The van der Waals surface area contributed by atoms with Gasteiger partial charge in [-0.15, -0.1) is 0 Å². The number of nitrogens with one attached hydrogen (secondary N) is 1. The predicted octanol–water partition coefficient (Wildman–Crippen LogP) is 0.815. The number of amidine groups is 1. The first-order chi connectivity index (χ1) is 4.06. The topological polar surface area (TPSA) is 49.9 Å². The van der Waals surface area contributed by atoms with Crippen molar-refractivity contribution in [3.8, 4) is 0 Å². The molecule has 0 aromatic carbocycles. The minimum absolute atomic E-state index is 0.182. The Labute approximate surface area is 52.7 Å². The molecule has 9 heavy (non-hydrogen) atoms. The highest BCUT2D eigenvalue weighted by Crippen LogP contribution is 2.69. The zero-order chi connectivity index (χ0) is 6.70. The van der Waals surface area contributed by atoms with Crippen LogP contribution in [0.15, 0.2) is 0 Å².